The number of benzene rings is 1. The molecule has 0 saturated carbocycles. The van der Waals surface area contributed by atoms with Gasteiger partial charge < -0.3 is 10.5 Å². The van der Waals surface area contributed by atoms with E-state index in [4.69, 9.17) is 27.5 Å². The number of rotatable bonds is 4. The lowest BCUT2D eigenvalue weighted by atomic mass is 10.2. The van der Waals surface area contributed by atoms with Crippen LogP contribution >= 0.6 is 11.6 Å². The fourth-order valence-electron chi connectivity index (χ4n) is 1.61. The molecule has 1 aromatic carbocycles. The molecule has 0 unspecified atom stereocenters. The fraction of sp³-hybridized carbons (Fsp3) is 0.143. The minimum atomic E-state index is 0.00171. The average molecular weight is 276 g/mol. The minimum Gasteiger partial charge on any atom is -0.473 e. The van der Waals surface area contributed by atoms with Crippen LogP contribution in [0.2, 0.25) is 5.02 Å². The summed E-state index contributed by atoms with van der Waals surface area (Å²) in [4.78, 5) is 4.25. The van der Waals surface area contributed by atoms with Crippen molar-refractivity contribution in [3.63, 3.8) is 0 Å². The molecule has 5 heteroatoms. The standard InChI is InChI=1S/C14H14ClN3O/c1-9-6-11(14(16)17)7-13(18-9)19-8-10-2-4-12(15)5-3-10/h2-7H,8H2,1H3,(H3,16,17). The zero-order chi connectivity index (χ0) is 13.8. The van der Waals surface area contributed by atoms with Crippen LogP contribution in [0.5, 0.6) is 5.88 Å². The molecule has 98 valence electrons. The number of nitrogen functional groups attached to an aromatic ring is 1. The summed E-state index contributed by atoms with van der Waals surface area (Å²) < 4.78 is 5.60. The number of hydrogen-bond acceptors (Lipinski definition) is 3. The van der Waals surface area contributed by atoms with Gasteiger partial charge in [-0.05, 0) is 30.7 Å². The summed E-state index contributed by atoms with van der Waals surface area (Å²) in [6.45, 7) is 2.23. The van der Waals surface area contributed by atoms with Crippen LogP contribution < -0.4 is 10.5 Å². The van der Waals surface area contributed by atoms with E-state index in [1.807, 2.05) is 31.2 Å². The Morgan fingerprint density at radius 1 is 1.32 bits per heavy atom. The molecule has 2 aromatic rings. The van der Waals surface area contributed by atoms with E-state index in [9.17, 15) is 0 Å². The van der Waals surface area contributed by atoms with Crippen LogP contribution in [0.3, 0.4) is 0 Å². The van der Waals surface area contributed by atoms with Crippen LogP contribution in [0.15, 0.2) is 36.4 Å². The zero-order valence-corrected chi connectivity index (χ0v) is 11.2. The minimum absolute atomic E-state index is 0.00171. The Kier molecular flexibility index (Phi) is 4.02. The second-order valence-electron chi connectivity index (χ2n) is 4.16. The zero-order valence-electron chi connectivity index (χ0n) is 10.5. The Labute approximate surface area is 116 Å². The van der Waals surface area contributed by atoms with Gasteiger partial charge in [-0.2, -0.15) is 0 Å². The van der Waals surface area contributed by atoms with Crippen LogP contribution in [-0.2, 0) is 6.61 Å². The molecular weight excluding hydrogens is 262 g/mol. The van der Waals surface area contributed by atoms with Gasteiger partial charge in [0.15, 0.2) is 0 Å². The number of amidine groups is 1. The fourth-order valence-corrected chi connectivity index (χ4v) is 1.73. The maximum absolute atomic E-state index is 7.43. The molecule has 0 saturated heterocycles. The van der Waals surface area contributed by atoms with Crippen molar-refractivity contribution in [1.82, 2.24) is 4.98 Å². The topological polar surface area (TPSA) is 72.0 Å². The van der Waals surface area contributed by atoms with Crippen molar-refractivity contribution in [2.45, 2.75) is 13.5 Å². The molecule has 0 bridgehead atoms. The van der Waals surface area contributed by atoms with Crippen molar-refractivity contribution in [3.8, 4) is 5.88 Å². The smallest absolute Gasteiger partial charge is 0.214 e. The van der Waals surface area contributed by atoms with Gasteiger partial charge in [0.1, 0.15) is 12.4 Å². The van der Waals surface area contributed by atoms with Gasteiger partial charge in [-0.25, -0.2) is 4.98 Å². The molecule has 0 aliphatic rings. The Bertz CT molecular complexity index is 596. The van der Waals surface area contributed by atoms with Gasteiger partial charge in [-0.1, -0.05) is 23.7 Å². The summed E-state index contributed by atoms with van der Waals surface area (Å²) >= 11 is 5.81. The Hall–Kier alpha value is -2.07. The lowest BCUT2D eigenvalue weighted by Crippen LogP contribution is -2.12. The predicted molar refractivity (Wildman–Crippen MR) is 75.8 cm³/mol. The molecule has 0 radical (unpaired) electrons. The van der Waals surface area contributed by atoms with E-state index in [-0.39, 0.29) is 5.84 Å². The quantitative estimate of drug-likeness (QED) is 0.666. The van der Waals surface area contributed by atoms with Crippen molar-refractivity contribution < 1.29 is 4.74 Å². The first kappa shape index (κ1) is 13.4. The lowest BCUT2D eigenvalue weighted by Gasteiger charge is -2.08. The van der Waals surface area contributed by atoms with E-state index in [2.05, 4.69) is 4.98 Å². The van der Waals surface area contributed by atoms with Gasteiger partial charge in [0, 0.05) is 22.3 Å². The predicted octanol–water partition coefficient (Wildman–Crippen LogP) is 2.91. The highest BCUT2D eigenvalue weighted by Crippen LogP contribution is 2.15. The van der Waals surface area contributed by atoms with Crippen LogP contribution in [0.25, 0.3) is 0 Å². The van der Waals surface area contributed by atoms with Crippen molar-refractivity contribution in [3.05, 3.63) is 58.2 Å². The summed E-state index contributed by atoms with van der Waals surface area (Å²) in [6.07, 6.45) is 0. The van der Waals surface area contributed by atoms with Crippen molar-refractivity contribution in [1.29, 1.82) is 5.41 Å². The number of aryl methyl sites for hydroxylation is 1. The highest BCUT2D eigenvalue weighted by Gasteiger charge is 2.04. The van der Waals surface area contributed by atoms with Crippen molar-refractivity contribution in [2.24, 2.45) is 5.73 Å². The molecule has 1 heterocycles. The first-order valence-electron chi connectivity index (χ1n) is 5.75. The molecule has 4 nitrogen and oxygen atoms in total. The van der Waals surface area contributed by atoms with Gasteiger partial charge in [0.2, 0.25) is 5.88 Å². The maximum Gasteiger partial charge on any atom is 0.214 e. The molecule has 0 fully saturated rings. The molecule has 0 aliphatic carbocycles. The number of nitrogens with zero attached hydrogens (tertiary/aromatic N) is 1. The Morgan fingerprint density at radius 2 is 2.00 bits per heavy atom. The summed E-state index contributed by atoms with van der Waals surface area (Å²) in [5.74, 6) is 0.460. The van der Waals surface area contributed by atoms with E-state index >= 15 is 0 Å². The third-order valence-corrected chi connectivity index (χ3v) is 2.79. The van der Waals surface area contributed by atoms with E-state index in [1.165, 1.54) is 0 Å². The van der Waals surface area contributed by atoms with Crippen LogP contribution in [0.4, 0.5) is 0 Å². The van der Waals surface area contributed by atoms with Gasteiger partial charge in [-0.3, -0.25) is 5.41 Å². The SMILES string of the molecule is Cc1cc(C(=N)N)cc(OCc2ccc(Cl)cc2)n1. The third-order valence-electron chi connectivity index (χ3n) is 2.54. The van der Waals surface area contributed by atoms with Gasteiger partial charge in [-0.15, -0.1) is 0 Å². The van der Waals surface area contributed by atoms with E-state index < -0.39 is 0 Å². The van der Waals surface area contributed by atoms with Crippen LogP contribution in [-0.4, -0.2) is 10.8 Å². The summed E-state index contributed by atoms with van der Waals surface area (Å²) in [6, 6.07) is 10.8. The largest absolute Gasteiger partial charge is 0.473 e. The lowest BCUT2D eigenvalue weighted by molar-refractivity contribution is 0.293. The van der Waals surface area contributed by atoms with Crippen molar-refractivity contribution in [2.75, 3.05) is 0 Å². The number of hydrogen-bond donors (Lipinski definition) is 2. The van der Waals surface area contributed by atoms with Gasteiger partial charge in [0.05, 0.1) is 0 Å². The Morgan fingerprint density at radius 3 is 2.63 bits per heavy atom. The van der Waals surface area contributed by atoms with E-state index in [1.54, 1.807) is 12.1 Å². The molecule has 2 rings (SSSR count). The molecule has 3 N–H and O–H groups in total. The van der Waals surface area contributed by atoms with Crippen molar-refractivity contribution >= 4 is 17.4 Å². The molecule has 19 heavy (non-hydrogen) atoms. The second kappa shape index (κ2) is 5.71. The molecule has 0 amide bonds. The Balaban J connectivity index is 2.11. The summed E-state index contributed by atoms with van der Waals surface area (Å²) in [5.41, 5.74) is 7.83. The number of aromatic nitrogens is 1. The third kappa shape index (κ3) is 3.69. The highest BCUT2D eigenvalue weighted by molar-refractivity contribution is 6.30. The van der Waals surface area contributed by atoms with E-state index in [0.29, 0.717) is 23.1 Å². The molecular formula is C14H14ClN3O. The molecule has 0 aliphatic heterocycles. The number of halogens is 1. The first-order valence-corrected chi connectivity index (χ1v) is 6.13. The number of pyridine rings is 1. The summed E-state index contributed by atoms with van der Waals surface area (Å²) in [5, 5.41) is 8.12. The van der Waals surface area contributed by atoms with E-state index in [0.717, 1.165) is 11.3 Å². The highest BCUT2D eigenvalue weighted by atomic mass is 35.5. The number of nitrogens with two attached hydrogens (primary N) is 1. The maximum atomic E-state index is 7.43. The number of nitrogens with one attached hydrogen (secondary N) is 1. The van der Waals surface area contributed by atoms with Gasteiger partial charge >= 0.3 is 0 Å². The average Bonchev–Trinajstić information content (AvgIpc) is 2.37. The monoisotopic (exact) mass is 275 g/mol. The van der Waals surface area contributed by atoms with Crippen LogP contribution in [0.1, 0.15) is 16.8 Å². The second-order valence-corrected chi connectivity index (χ2v) is 4.60. The summed E-state index contributed by atoms with van der Waals surface area (Å²) in [7, 11) is 0. The number of ether oxygens (including phenoxy) is 1. The van der Waals surface area contributed by atoms with Gasteiger partial charge in [0.25, 0.3) is 0 Å². The van der Waals surface area contributed by atoms with Crippen LogP contribution in [0, 0.1) is 12.3 Å². The molecule has 0 atom stereocenters. The molecule has 1 aromatic heterocycles. The normalized spacial score (nSPS) is 10.2. The first-order chi connectivity index (χ1) is 9.04. The molecule has 0 spiro atoms.